The van der Waals surface area contributed by atoms with Gasteiger partial charge in [-0.2, -0.15) is 0 Å². The van der Waals surface area contributed by atoms with Crippen molar-refractivity contribution in [2.24, 2.45) is 0 Å². The second-order valence-corrected chi connectivity index (χ2v) is 4.82. The zero-order valence-corrected chi connectivity index (χ0v) is 12.1. The van der Waals surface area contributed by atoms with Gasteiger partial charge in [-0.05, 0) is 25.3 Å². The molecule has 0 saturated carbocycles. The van der Waals surface area contributed by atoms with E-state index in [0.29, 0.717) is 5.78 Å². The molecule has 0 aromatic rings. The number of hydrogen-bond donors (Lipinski definition) is 0. The third-order valence-corrected chi connectivity index (χ3v) is 3.34. The van der Waals surface area contributed by atoms with Gasteiger partial charge in [0.05, 0.1) is 0 Å². The van der Waals surface area contributed by atoms with Crippen molar-refractivity contribution in [2.75, 3.05) is 0 Å². The molecule has 0 aromatic heterocycles. The normalized spacial score (nSPS) is 11.8. The van der Waals surface area contributed by atoms with Gasteiger partial charge >= 0.3 is 0 Å². The molecule has 0 rings (SSSR count). The van der Waals surface area contributed by atoms with Gasteiger partial charge in [0.25, 0.3) is 0 Å². The molecule has 0 amide bonds. The summed E-state index contributed by atoms with van der Waals surface area (Å²) in [7, 11) is 0. The summed E-state index contributed by atoms with van der Waals surface area (Å²) in [5.41, 5.74) is 1.01. The molecular weight excluding hydrogens is 208 g/mol. The summed E-state index contributed by atoms with van der Waals surface area (Å²) in [5, 5.41) is 0. The van der Waals surface area contributed by atoms with Crippen molar-refractivity contribution in [1.29, 1.82) is 0 Å². The van der Waals surface area contributed by atoms with Crippen molar-refractivity contribution in [3.05, 3.63) is 11.6 Å². The quantitative estimate of drug-likeness (QED) is 0.346. The number of carbonyl (C=O) groups excluding carboxylic acids is 1. The van der Waals surface area contributed by atoms with E-state index in [0.717, 1.165) is 24.8 Å². The molecule has 0 N–H and O–H groups in total. The molecule has 0 fully saturated rings. The monoisotopic (exact) mass is 238 g/mol. The van der Waals surface area contributed by atoms with Crippen molar-refractivity contribution in [2.45, 2.75) is 85.0 Å². The Morgan fingerprint density at radius 1 is 0.882 bits per heavy atom. The highest BCUT2D eigenvalue weighted by atomic mass is 16.1. The Labute approximate surface area is 108 Å². The van der Waals surface area contributed by atoms with Crippen LogP contribution in [0.15, 0.2) is 11.6 Å². The van der Waals surface area contributed by atoms with Crippen LogP contribution in [0.3, 0.4) is 0 Å². The second-order valence-electron chi connectivity index (χ2n) is 4.82. The number of allylic oxidation sites excluding steroid dienone is 2. The predicted molar refractivity (Wildman–Crippen MR) is 76.3 cm³/mol. The van der Waals surface area contributed by atoms with E-state index in [1.165, 1.54) is 44.9 Å². The van der Waals surface area contributed by atoms with Crippen LogP contribution in [0.1, 0.15) is 85.0 Å². The first-order chi connectivity index (χ1) is 8.26. The van der Waals surface area contributed by atoms with Gasteiger partial charge in [-0.25, -0.2) is 0 Å². The highest BCUT2D eigenvalue weighted by molar-refractivity contribution is 5.95. The van der Waals surface area contributed by atoms with E-state index >= 15 is 0 Å². The fraction of sp³-hybridized carbons (Fsp3) is 0.812. The van der Waals surface area contributed by atoms with Gasteiger partial charge in [0, 0.05) is 6.42 Å². The minimum atomic E-state index is 0.362. The summed E-state index contributed by atoms with van der Waals surface area (Å²) >= 11 is 0. The van der Waals surface area contributed by atoms with E-state index < -0.39 is 0 Å². The van der Waals surface area contributed by atoms with E-state index in [4.69, 9.17) is 0 Å². The Balaban J connectivity index is 3.36. The molecule has 0 aliphatic rings. The van der Waals surface area contributed by atoms with Gasteiger partial charge in [-0.1, -0.05) is 64.9 Å². The molecule has 0 spiro atoms. The Morgan fingerprint density at radius 2 is 1.41 bits per heavy atom. The van der Waals surface area contributed by atoms with Gasteiger partial charge < -0.3 is 0 Å². The molecule has 0 saturated heterocycles. The first-order valence-corrected chi connectivity index (χ1v) is 7.44. The maximum atomic E-state index is 11.7. The lowest BCUT2D eigenvalue weighted by atomic mass is 10.0. The first kappa shape index (κ1) is 16.4. The van der Waals surface area contributed by atoms with Crippen molar-refractivity contribution in [1.82, 2.24) is 0 Å². The summed E-state index contributed by atoms with van der Waals surface area (Å²) in [6.07, 6.45) is 14.0. The lowest BCUT2D eigenvalue weighted by Crippen LogP contribution is -2.01. The number of Topliss-reactive ketones (excluding diaryl/α,β-unsaturated/α-hetero) is 1. The maximum absolute atomic E-state index is 11.7. The van der Waals surface area contributed by atoms with Crippen molar-refractivity contribution >= 4 is 5.78 Å². The Kier molecular flexibility index (Phi) is 11.5. The number of ketones is 1. The highest BCUT2D eigenvalue weighted by Crippen LogP contribution is 2.12. The molecule has 0 aliphatic carbocycles. The number of hydrogen-bond acceptors (Lipinski definition) is 1. The Bertz CT molecular complexity index is 216. The number of carbonyl (C=O) groups is 1. The van der Waals surface area contributed by atoms with Crippen LogP contribution in [0, 0.1) is 0 Å². The largest absolute Gasteiger partial charge is 0.295 e. The summed E-state index contributed by atoms with van der Waals surface area (Å²) in [6, 6.07) is 0. The molecule has 0 aromatic carbocycles. The summed E-state index contributed by atoms with van der Waals surface area (Å²) in [6.45, 7) is 6.27. The lowest BCUT2D eigenvalue weighted by Gasteiger charge is -2.03. The van der Waals surface area contributed by atoms with Crippen LogP contribution in [0.2, 0.25) is 0 Å². The lowest BCUT2D eigenvalue weighted by molar-refractivity contribution is -0.115. The van der Waals surface area contributed by atoms with E-state index in [1.54, 1.807) is 0 Å². The van der Waals surface area contributed by atoms with E-state index in [2.05, 4.69) is 13.8 Å². The average molecular weight is 238 g/mol. The topological polar surface area (TPSA) is 17.1 Å². The van der Waals surface area contributed by atoms with Crippen LogP contribution < -0.4 is 0 Å². The minimum absolute atomic E-state index is 0.362. The zero-order chi connectivity index (χ0) is 12.9. The molecular formula is C16H30O. The molecule has 0 unspecified atom stereocenters. The Hall–Kier alpha value is -0.590. The van der Waals surface area contributed by atoms with Gasteiger partial charge in [0.2, 0.25) is 0 Å². The van der Waals surface area contributed by atoms with E-state index in [-0.39, 0.29) is 0 Å². The fourth-order valence-electron chi connectivity index (χ4n) is 2.14. The van der Waals surface area contributed by atoms with Gasteiger partial charge in [-0.3, -0.25) is 4.79 Å². The van der Waals surface area contributed by atoms with Crippen molar-refractivity contribution in [3.8, 4) is 0 Å². The molecule has 0 bridgehead atoms. The molecule has 1 nitrogen and oxygen atoms in total. The average Bonchev–Trinajstić information content (AvgIpc) is 2.34. The number of unbranched alkanes of at least 4 members (excludes halogenated alkanes) is 7. The maximum Gasteiger partial charge on any atom is 0.158 e. The van der Waals surface area contributed by atoms with Crippen LogP contribution in [0.4, 0.5) is 0 Å². The van der Waals surface area contributed by atoms with Crippen LogP contribution in [-0.2, 0) is 4.79 Å². The molecule has 0 heterocycles. The smallest absolute Gasteiger partial charge is 0.158 e. The van der Waals surface area contributed by atoms with Crippen LogP contribution >= 0.6 is 0 Å². The van der Waals surface area contributed by atoms with Gasteiger partial charge in [0.15, 0.2) is 5.78 Å². The van der Waals surface area contributed by atoms with Gasteiger partial charge in [0.1, 0.15) is 0 Å². The molecule has 17 heavy (non-hydrogen) atoms. The summed E-state index contributed by atoms with van der Waals surface area (Å²) in [4.78, 5) is 11.7. The third-order valence-electron chi connectivity index (χ3n) is 3.34. The van der Waals surface area contributed by atoms with E-state index in [9.17, 15) is 4.79 Å². The second kappa shape index (κ2) is 11.9. The minimum Gasteiger partial charge on any atom is -0.295 e. The summed E-state index contributed by atoms with van der Waals surface area (Å²) < 4.78 is 0. The number of rotatable bonds is 11. The predicted octanol–water partition coefficient (Wildman–Crippen LogP) is 5.44. The first-order valence-electron chi connectivity index (χ1n) is 7.44. The molecule has 0 radical (unpaired) electrons. The molecule has 100 valence electrons. The van der Waals surface area contributed by atoms with Crippen LogP contribution in [0.25, 0.3) is 0 Å². The Morgan fingerprint density at radius 3 is 1.88 bits per heavy atom. The fourth-order valence-corrected chi connectivity index (χ4v) is 2.14. The van der Waals surface area contributed by atoms with Crippen LogP contribution in [-0.4, -0.2) is 5.78 Å². The zero-order valence-electron chi connectivity index (χ0n) is 12.1. The van der Waals surface area contributed by atoms with Crippen molar-refractivity contribution < 1.29 is 4.79 Å². The third kappa shape index (κ3) is 9.14. The molecule has 0 aliphatic heterocycles. The molecule has 0 atom stereocenters. The SMILES string of the molecule is CC=C(CC)C(=O)CCCCCCCCCC. The van der Waals surface area contributed by atoms with Crippen molar-refractivity contribution in [3.63, 3.8) is 0 Å². The van der Waals surface area contributed by atoms with E-state index in [1.807, 2.05) is 13.0 Å². The summed E-state index contributed by atoms with van der Waals surface area (Å²) in [5.74, 6) is 0.362. The van der Waals surface area contributed by atoms with Crippen LogP contribution in [0.5, 0.6) is 0 Å². The molecule has 1 heteroatoms. The standard InChI is InChI=1S/C16H30O/c1-4-7-8-9-10-11-12-13-14-16(17)15(5-2)6-3/h5H,4,6-14H2,1-3H3. The highest BCUT2D eigenvalue weighted by Gasteiger charge is 2.05. The van der Waals surface area contributed by atoms with Gasteiger partial charge in [-0.15, -0.1) is 0 Å².